The first-order chi connectivity index (χ1) is 15.9. The van der Waals surface area contributed by atoms with Crippen LogP contribution < -0.4 is 27.4 Å². The van der Waals surface area contributed by atoms with Gasteiger partial charge in [0.25, 0.3) is 0 Å². The molecular formula is C21H29N5O8. The van der Waals surface area contributed by atoms with Gasteiger partial charge in [-0.15, -0.1) is 0 Å². The molecule has 0 aliphatic heterocycles. The number of nitrogens with two attached hydrogens (primary N) is 2. The smallest absolute Gasteiger partial charge is 0.325 e. The number of hydrogen-bond acceptors (Lipinski definition) is 7. The van der Waals surface area contributed by atoms with Crippen molar-refractivity contribution in [1.29, 1.82) is 0 Å². The molecule has 0 fully saturated rings. The number of benzene rings is 1. The summed E-state index contributed by atoms with van der Waals surface area (Å²) in [6, 6.07) is 3.32. The minimum Gasteiger partial charge on any atom is -0.481 e. The zero-order valence-corrected chi connectivity index (χ0v) is 18.5. The second-order valence-corrected chi connectivity index (χ2v) is 7.59. The van der Waals surface area contributed by atoms with E-state index in [1.807, 2.05) is 0 Å². The van der Waals surface area contributed by atoms with E-state index in [0.29, 0.717) is 5.56 Å². The van der Waals surface area contributed by atoms with Crippen LogP contribution in [0.25, 0.3) is 0 Å². The van der Waals surface area contributed by atoms with Crippen LogP contribution in [-0.2, 0) is 35.2 Å². The Bertz CT molecular complexity index is 908. The van der Waals surface area contributed by atoms with Crippen LogP contribution in [-0.4, -0.2) is 69.9 Å². The Morgan fingerprint density at radius 1 is 0.882 bits per heavy atom. The van der Waals surface area contributed by atoms with Crippen molar-refractivity contribution in [2.24, 2.45) is 11.5 Å². The molecule has 4 amide bonds. The Labute approximate surface area is 195 Å². The average molecular weight is 479 g/mol. The third kappa shape index (κ3) is 10.1. The summed E-state index contributed by atoms with van der Waals surface area (Å²) < 4.78 is 0. The summed E-state index contributed by atoms with van der Waals surface area (Å²) in [6.45, 7) is 1.25. The Morgan fingerprint density at radius 3 is 1.97 bits per heavy atom. The van der Waals surface area contributed by atoms with Gasteiger partial charge in [0.2, 0.25) is 23.6 Å². The topological polar surface area (TPSA) is 231 Å². The van der Waals surface area contributed by atoms with E-state index < -0.39 is 72.6 Å². The molecule has 0 bridgehead atoms. The van der Waals surface area contributed by atoms with Crippen LogP contribution in [0.15, 0.2) is 30.3 Å². The number of hydrogen-bond donors (Lipinski definition) is 7. The van der Waals surface area contributed by atoms with E-state index in [9.17, 15) is 28.8 Å². The fourth-order valence-corrected chi connectivity index (χ4v) is 2.83. The van der Waals surface area contributed by atoms with Gasteiger partial charge in [0, 0.05) is 12.8 Å². The molecule has 13 nitrogen and oxygen atoms in total. The number of carbonyl (C=O) groups excluding carboxylic acids is 4. The monoisotopic (exact) mass is 479 g/mol. The Kier molecular flexibility index (Phi) is 11.2. The quantitative estimate of drug-likeness (QED) is 0.154. The van der Waals surface area contributed by atoms with Gasteiger partial charge in [-0.3, -0.25) is 28.8 Å². The van der Waals surface area contributed by atoms with Crippen LogP contribution in [0.2, 0.25) is 0 Å². The Hall–Kier alpha value is -4.00. The lowest BCUT2D eigenvalue weighted by Gasteiger charge is -2.24. The van der Waals surface area contributed by atoms with E-state index in [-0.39, 0.29) is 12.8 Å². The van der Waals surface area contributed by atoms with Crippen LogP contribution in [0.5, 0.6) is 0 Å². The normalized spacial score (nSPS) is 14.1. The summed E-state index contributed by atoms with van der Waals surface area (Å²) in [6.07, 6.45) is -1.33. The molecule has 0 aliphatic carbocycles. The van der Waals surface area contributed by atoms with Crippen molar-refractivity contribution in [3.05, 3.63) is 35.9 Å². The molecule has 4 unspecified atom stereocenters. The molecule has 1 aromatic rings. The third-order valence-corrected chi connectivity index (χ3v) is 4.68. The van der Waals surface area contributed by atoms with Gasteiger partial charge < -0.3 is 37.6 Å². The van der Waals surface area contributed by atoms with E-state index in [4.69, 9.17) is 21.7 Å². The Balaban J connectivity index is 3.07. The number of rotatable bonds is 14. The molecular weight excluding hydrogens is 450 g/mol. The number of amides is 4. The predicted molar refractivity (Wildman–Crippen MR) is 118 cm³/mol. The fraction of sp³-hybridized carbons (Fsp3) is 0.429. The maximum Gasteiger partial charge on any atom is 0.325 e. The molecule has 186 valence electrons. The van der Waals surface area contributed by atoms with Crippen molar-refractivity contribution in [3.63, 3.8) is 0 Å². The maximum atomic E-state index is 12.9. The van der Waals surface area contributed by atoms with Crippen LogP contribution in [0.4, 0.5) is 0 Å². The molecule has 34 heavy (non-hydrogen) atoms. The highest BCUT2D eigenvalue weighted by Crippen LogP contribution is 2.06. The van der Waals surface area contributed by atoms with Gasteiger partial charge in [-0.1, -0.05) is 30.3 Å². The minimum absolute atomic E-state index is 0.00839. The van der Waals surface area contributed by atoms with Crippen LogP contribution >= 0.6 is 0 Å². The molecule has 0 radical (unpaired) electrons. The van der Waals surface area contributed by atoms with Crippen molar-refractivity contribution in [2.75, 3.05) is 0 Å². The number of carbonyl (C=O) groups is 6. The lowest BCUT2D eigenvalue weighted by molar-refractivity contribution is -0.141. The first-order valence-electron chi connectivity index (χ1n) is 10.3. The predicted octanol–water partition coefficient (Wildman–Crippen LogP) is -2.14. The molecule has 0 heterocycles. The molecule has 4 atom stereocenters. The molecule has 0 saturated heterocycles. The number of aliphatic carboxylic acids is 2. The zero-order chi connectivity index (χ0) is 25.8. The van der Waals surface area contributed by atoms with Gasteiger partial charge in [-0.2, -0.15) is 0 Å². The average Bonchev–Trinajstić information content (AvgIpc) is 2.75. The van der Waals surface area contributed by atoms with Gasteiger partial charge in [0.15, 0.2) is 0 Å². The number of nitrogens with one attached hydrogen (secondary N) is 3. The fourth-order valence-electron chi connectivity index (χ4n) is 2.83. The van der Waals surface area contributed by atoms with Crippen molar-refractivity contribution < 1.29 is 39.0 Å². The summed E-state index contributed by atoms with van der Waals surface area (Å²) >= 11 is 0. The van der Waals surface area contributed by atoms with E-state index in [2.05, 4.69) is 16.0 Å². The molecule has 0 aromatic heterocycles. The molecule has 0 aliphatic rings. The molecule has 13 heteroatoms. The summed E-state index contributed by atoms with van der Waals surface area (Å²) in [5.74, 6) is -5.95. The second kappa shape index (κ2) is 13.5. The van der Waals surface area contributed by atoms with Crippen molar-refractivity contribution in [2.45, 2.75) is 56.8 Å². The van der Waals surface area contributed by atoms with Crippen LogP contribution in [0.1, 0.15) is 31.7 Å². The maximum absolute atomic E-state index is 12.9. The lowest BCUT2D eigenvalue weighted by Crippen LogP contribution is -2.57. The summed E-state index contributed by atoms with van der Waals surface area (Å²) in [5.41, 5.74) is 11.2. The summed E-state index contributed by atoms with van der Waals surface area (Å²) in [7, 11) is 0. The molecule has 0 saturated carbocycles. The first kappa shape index (κ1) is 28.0. The van der Waals surface area contributed by atoms with Gasteiger partial charge in [-0.25, -0.2) is 0 Å². The first-order valence-corrected chi connectivity index (χ1v) is 10.3. The highest BCUT2D eigenvalue weighted by molar-refractivity contribution is 5.95. The third-order valence-electron chi connectivity index (χ3n) is 4.68. The van der Waals surface area contributed by atoms with E-state index in [1.165, 1.54) is 6.92 Å². The highest BCUT2D eigenvalue weighted by Gasteiger charge is 2.30. The molecule has 9 N–H and O–H groups in total. The van der Waals surface area contributed by atoms with Gasteiger partial charge in [-0.05, 0) is 18.9 Å². The van der Waals surface area contributed by atoms with Crippen LogP contribution in [0, 0.1) is 0 Å². The van der Waals surface area contributed by atoms with Gasteiger partial charge in [0.05, 0.1) is 12.5 Å². The van der Waals surface area contributed by atoms with Gasteiger partial charge >= 0.3 is 11.9 Å². The molecule has 0 spiro atoms. The van der Waals surface area contributed by atoms with E-state index >= 15 is 0 Å². The number of carboxylic acid groups (broad SMARTS) is 2. The van der Waals surface area contributed by atoms with Crippen molar-refractivity contribution >= 4 is 35.6 Å². The molecule has 1 rings (SSSR count). The summed E-state index contributed by atoms with van der Waals surface area (Å²) in [5, 5.41) is 25.0. The molecule has 1 aromatic carbocycles. The van der Waals surface area contributed by atoms with Crippen molar-refractivity contribution in [3.8, 4) is 0 Å². The lowest BCUT2D eigenvalue weighted by atomic mass is 10.0. The summed E-state index contributed by atoms with van der Waals surface area (Å²) in [4.78, 5) is 71.0. The number of carboxylic acids is 2. The Morgan fingerprint density at radius 2 is 1.44 bits per heavy atom. The zero-order valence-electron chi connectivity index (χ0n) is 18.5. The second-order valence-electron chi connectivity index (χ2n) is 7.59. The van der Waals surface area contributed by atoms with E-state index in [0.717, 1.165) is 0 Å². The SMILES string of the molecule is CC(NC(=O)C(Cc1ccccc1)NC(=O)C(CCC(=O)O)NC(=O)C(N)CC(N)=O)C(=O)O. The van der Waals surface area contributed by atoms with Gasteiger partial charge in [0.1, 0.15) is 18.1 Å². The highest BCUT2D eigenvalue weighted by atomic mass is 16.4. The van der Waals surface area contributed by atoms with Crippen LogP contribution in [0.3, 0.4) is 0 Å². The van der Waals surface area contributed by atoms with Crippen molar-refractivity contribution in [1.82, 2.24) is 16.0 Å². The standard InChI is InChI=1S/C21H29N5O8/c1-11(21(33)34)24-20(32)15(9-12-5-3-2-4-6-12)26-19(31)14(7-8-17(28)29)25-18(30)13(22)10-16(23)27/h2-6,11,13-15H,7-10,22H2,1H3,(H2,23,27)(H,24,32)(H,25,30)(H,26,31)(H,28,29)(H,33,34). The number of primary amides is 1. The van der Waals surface area contributed by atoms with E-state index in [1.54, 1.807) is 30.3 Å². The minimum atomic E-state index is -1.40. The largest absolute Gasteiger partial charge is 0.481 e.